The van der Waals surface area contributed by atoms with Crippen molar-refractivity contribution in [3.8, 4) is 0 Å². The summed E-state index contributed by atoms with van der Waals surface area (Å²) in [6.45, 7) is 2.73. The molecule has 0 aromatic carbocycles. The van der Waals surface area contributed by atoms with E-state index in [1.807, 2.05) is 6.92 Å². The third-order valence-electron chi connectivity index (χ3n) is 3.26. The van der Waals surface area contributed by atoms with E-state index in [0.29, 0.717) is 0 Å². The molecule has 3 N–H and O–H groups in total. The smallest absolute Gasteiger partial charge is 0.356 e. The van der Waals surface area contributed by atoms with Crippen molar-refractivity contribution >= 4 is 5.97 Å². The number of hydrogen-bond acceptors (Lipinski definition) is 4. The molecule has 0 aliphatic carbocycles. The number of aliphatic hydroxyl groups is 1. The summed E-state index contributed by atoms with van der Waals surface area (Å²) in [4.78, 5) is 11.0. The van der Waals surface area contributed by atoms with E-state index in [2.05, 4.69) is 10.4 Å². The van der Waals surface area contributed by atoms with Gasteiger partial charge in [0.25, 0.3) is 0 Å². The molecule has 0 radical (unpaired) electrons. The van der Waals surface area contributed by atoms with Crippen molar-refractivity contribution in [1.82, 2.24) is 15.1 Å². The van der Waals surface area contributed by atoms with Gasteiger partial charge in [0.2, 0.25) is 0 Å². The molecule has 18 heavy (non-hydrogen) atoms. The fourth-order valence-corrected chi connectivity index (χ4v) is 2.32. The van der Waals surface area contributed by atoms with Crippen LogP contribution in [0.25, 0.3) is 0 Å². The maximum Gasteiger partial charge on any atom is 0.356 e. The molecule has 0 amide bonds. The molecule has 2 unspecified atom stereocenters. The zero-order chi connectivity index (χ0) is 13.1. The van der Waals surface area contributed by atoms with Crippen LogP contribution in [0.15, 0.2) is 6.07 Å². The Hall–Kier alpha value is -1.40. The van der Waals surface area contributed by atoms with Crippen molar-refractivity contribution in [2.24, 2.45) is 0 Å². The average molecular weight is 253 g/mol. The first kappa shape index (κ1) is 13.0. The van der Waals surface area contributed by atoms with Crippen molar-refractivity contribution in [2.75, 3.05) is 6.61 Å². The summed E-state index contributed by atoms with van der Waals surface area (Å²) in [7, 11) is 0. The molecule has 1 aliphatic rings. The minimum absolute atomic E-state index is 0.00951. The van der Waals surface area contributed by atoms with E-state index in [1.165, 1.54) is 0 Å². The summed E-state index contributed by atoms with van der Waals surface area (Å²) in [5, 5.41) is 25.5. The van der Waals surface area contributed by atoms with Gasteiger partial charge in [-0.15, -0.1) is 0 Å². The molecule has 6 heteroatoms. The fraction of sp³-hybridized carbons (Fsp3) is 0.667. The zero-order valence-electron chi connectivity index (χ0n) is 10.5. The Kier molecular flexibility index (Phi) is 3.98. The molecular formula is C12H19N3O3. The Morgan fingerprint density at radius 1 is 1.67 bits per heavy atom. The van der Waals surface area contributed by atoms with Gasteiger partial charge >= 0.3 is 5.97 Å². The van der Waals surface area contributed by atoms with Crippen LogP contribution in [0.3, 0.4) is 0 Å². The van der Waals surface area contributed by atoms with E-state index < -0.39 is 5.97 Å². The monoisotopic (exact) mass is 253 g/mol. The van der Waals surface area contributed by atoms with Crippen LogP contribution in [-0.4, -0.2) is 38.6 Å². The van der Waals surface area contributed by atoms with Crippen molar-refractivity contribution in [3.05, 3.63) is 17.5 Å². The third kappa shape index (κ3) is 2.70. The van der Waals surface area contributed by atoms with Gasteiger partial charge < -0.3 is 15.5 Å². The Morgan fingerprint density at radius 2 is 2.44 bits per heavy atom. The van der Waals surface area contributed by atoms with Gasteiger partial charge in [-0.2, -0.15) is 5.10 Å². The summed E-state index contributed by atoms with van der Waals surface area (Å²) in [6.07, 6.45) is 3.01. The molecule has 2 rings (SSSR count). The number of nitrogens with zero attached hydrogens (tertiary/aromatic N) is 2. The molecule has 2 heterocycles. The maximum absolute atomic E-state index is 11.0. The van der Waals surface area contributed by atoms with E-state index in [9.17, 15) is 4.79 Å². The lowest BCUT2D eigenvalue weighted by atomic mass is 10.1. The number of rotatable bonds is 4. The van der Waals surface area contributed by atoms with Crippen molar-refractivity contribution in [2.45, 2.75) is 44.8 Å². The van der Waals surface area contributed by atoms with E-state index in [0.717, 1.165) is 31.5 Å². The second-order valence-electron chi connectivity index (χ2n) is 4.78. The van der Waals surface area contributed by atoms with Crippen LogP contribution in [-0.2, 0) is 6.54 Å². The van der Waals surface area contributed by atoms with Crippen LogP contribution in [0.4, 0.5) is 0 Å². The van der Waals surface area contributed by atoms with Crippen LogP contribution < -0.4 is 5.32 Å². The predicted molar refractivity (Wildman–Crippen MR) is 65.5 cm³/mol. The molecule has 0 saturated carbocycles. The number of fused-ring (bicyclic) bond motifs is 1. The Morgan fingerprint density at radius 3 is 3.11 bits per heavy atom. The standard InChI is InChI=1S/C12H19N3O3/c1-8(7-16)13-9-4-2-3-5-15-11(9)6-10(14-15)12(17)18/h6,8-9,13,16H,2-5,7H2,1H3,(H,17,18). The van der Waals surface area contributed by atoms with Gasteiger partial charge in [0.15, 0.2) is 5.69 Å². The molecule has 2 atom stereocenters. The molecule has 1 aromatic heterocycles. The number of aromatic nitrogens is 2. The quantitative estimate of drug-likeness (QED) is 0.738. The normalized spacial score (nSPS) is 21.1. The van der Waals surface area contributed by atoms with Crippen molar-refractivity contribution in [3.63, 3.8) is 0 Å². The highest BCUT2D eigenvalue weighted by Gasteiger charge is 2.23. The van der Waals surface area contributed by atoms with Gasteiger partial charge in [-0.25, -0.2) is 4.79 Å². The molecule has 0 spiro atoms. The number of aryl methyl sites for hydroxylation is 1. The first-order valence-corrected chi connectivity index (χ1v) is 6.29. The molecule has 0 saturated heterocycles. The minimum atomic E-state index is -0.996. The van der Waals surface area contributed by atoms with Gasteiger partial charge in [0.1, 0.15) is 0 Å². The van der Waals surface area contributed by atoms with Crippen LogP contribution in [0.5, 0.6) is 0 Å². The zero-order valence-corrected chi connectivity index (χ0v) is 10.5. The van der Waals surface area contributed by atoms with Gasteiger partial charge in [-0.3, -0.25) is 4.68 Å². The number of aliphatic hydroxyl groups excluding tert-OH is 1. The van der Waals surface area contributed by atoms with Crippen molar-refractivity contribution < 1.29 is 15.0 Å². The summed E-state index contributed by atoms with van der Waals surface area (Å²) in [5.74, 6) is -0.996. The highest BCUT2D eigenvalue weighted by molar-refractivity contribution is 5.85. The SMILES string of the molecule is CC(CO)NC1CCCCn2nc(C(=O)O)cc21. The molecule has 0 bridgehead atoms. The van der Waals surface area contributed by atoms with Crippen LogP contribution in [0.2, 0.25) is 0 Å². The number of hydrogen-bond donors (Lipinski definition) is 3. The number of nitrogens with one attached hydrogen (secondary N) is 1. The summed E-state index contributed by atoms with van der Waals surface area (Å²) in [6, 6.07) is 1.69. The van der Waals surface area contributed by atoms with E-state index >= 15 is 0 Å². The van der Waals surface area contributed by atoms with Gasteiger partial charge in [-0.1, -0.05) is 0 Å². The van der Waals surface area contributed by atoms with Gasteiger partial charge in [-0.05, 0) is 32.3 Å². The second kappa shape index (κ2) is 5.49. The van der Waals surface area contributed by atoms with Crippen LogP contribution in [0, 0.1) is 0 Å². The Labute approximate surface area is 106 Å². The van der Waals surface area contributed by atoms with Gasteiger partial charge in [0, 0.05) is 18.6 Å². The maximum atomic E-state index is 11.0. The van der Waals surface area contributed by atoms with E-state index in [4.69, 9.17) is 10.2 Å². The summed E-state index contributed by atoms with van der Waals surface area (Å²) in [5.41, 5.74) is 1.00. The van der Waals surface area contributed by atoms with Crippen LogP contribution >= 0.6 is 0 Å². The molecule has 1 aromatic rings. The van der Waals surface area contributed by atoms with E-state index in [-0.39, 0.29) is 24.4 Å². The highest BCUT2D eigenvalue weighted by atomic mass is 16.4. The van der Waals surface area contributed by atoms with Gasteiger partial charge in [0.05, 0.1) is 12.3 Å². The number of carboxylic acid groups (broad SMARTS) is 1. The highest BCUT2D eigenvalue weighted by Crippen LogP contribution is 2.25. The lowest BCUT2D eigenvalue weighted by Crippen LogP contribution is -2.33. The van der Waals surface area contributed by atoms with E-state index in [1.54, 1.807) is 10.7 Å². The molecular weight excluding hydrogens is 234 g/mol. The first-order chi connectivity index (χ1) is 8.61. The third-order valence-corrected chi connectivity index (χ3v) is 3.26. The van der Waals surface area contributed by atoms with Crippen molar-refractivity contribution in [1.29, 1.82) is 0 Å². The molecule has 6 nitrogen and oxygen atoms in total. The molecule has 1 aliphatic heterocycles. The number of carbonyl (C=O) groups is 1. The predicted octanol–water partition coefficient (Wildman–Crippen LogP) is 0.777. The Balaban J connectivity index is 2.25. The average Bonchev–Trinajstić information content (AvgIpc) is 2.69. The lowest BCUT2D eigenvalue weighted by molar-refractivity contribution is 0.0689. The number of carboxylic acids is 1. The molecule has 0 fully saturated rings. The first-order valence-electron chi connectivity index (χ1n) is 6.29. The second-order valence-corrected chi connectivity index (χ2v) is 4.78. The molecule has 100 valence electrons. The lowest BCUT2D eigenvalue weighted by Gasteiger charge is -2.20. The van der Waals surface area contributed by atoms with Crippen LogP contribution in [0.1, 0.15) is 48.4 Å². The summed E-state index contributed by atoms with van der Waals surface area (Å²) < 4.78 is 1.78. The summed E-state index contributed by atoms with van der Waals surface area (Å²) >= 11 is 0. The largest absolute Gasteiger partial charge is 0.476 e. The minimum Gasteiger partial charge on any atom is -0.476 e. The Bertz CT molecular complexity index is 430. The topological polar surface area (TPSA) is 87.4 Å². The number of aromatic carboxylic acids is 1. The fourth-order valence-electron chi connectivity index (χ4n) is 2.32.